The lowest BCUT2D eigenvalue weighted by Gasteiger charge is -2.61. The Morgan fingerprint density at radius 3 is 1.96 bits per heavy atom. The van der Waals surface area contributed by atoms with E-state index in [0.29, 0.717) is 39.9 Å². The van der Waals surface area contributed by atoms with E-state index in [1.165, 1.54) is 101 Å². The van der Waals surface area contributed by atoms with E-state index in [0.717, 1.165) is 47.8 Å². The standard InChI is InChI=1S/C45H62Cl2N2O6/c1-25(2)8-6-9-26(3)35-14-15-36-32-13-12-30-20-27(16-18-44(30,4)37(32)17-19-45(35,36)5)10-7-11-31(28-21-33(42(52)48-54)40(50)38(46)23-28)29-22-34(43(53)49-55)41(51)39(47)24-29/h11,21-27,30,32,35-37,50-51,54-55H,6-10,12-20H2,1-5H3,(H,48,52)(H,49,53)/t26?,27-,30?,32-,35+,36?,37?,44-,45+/m0/s1. The molecule has 4 aliphatic rings. The molecule has 0 spiro atoms. The lowest BCUT2D eigenvalue weighted by molar-refractivity contribution is -0.121. The first-order chi connectivity index (χ1) is 26.1. The van der Waals surface area contributed by atoms with Gasteiger partial charge in [0.15, 0.2) is 0 Å². The van der Waals surface area contributed by atoms with Crippen LogP contribution in [0.15, 0.2) is 30.3 Å². The summed E-state index contributed by atoms with van der Waals surface area (Å²) < 4.78 is 0. The van der Waals surface area contributed by atoms with E-state index in [4.69, 9.17) is 23.2 Å². The van der Waals surface area contributed by atoms with Crippen molar-refractivity contribution in [2.75, 3.05) is 0 Å². The van der Waals surface area contributed by atoms with E-state index in [1.807, 2.05) is 6.08 Å². The molecule has 55 heavy (non-hydrogen) atoms. The number of benzene rings is 2. The highest BCUT2D eigenvalue weighted by Crippen LogP contribution is 2.69. The van der Waals surface area contributed by atoms with Crippen LogP contribution in [0.4, 0.5) is 0 Å². The molecule has 0 aliphatic heterocycles. The van der Waals surface area contributed by atoms with E-state index in [1.54, 1.807) is 11.0 Å². The van der Waals surface area contributed by atoms with Crippen LogP contribution in [0.5, 0.6) is 11.5 Å². The van der Waals surface area contributed by atoms with Crippen molar-refractivity contribution in [3.05, 3.63) is 62.6 Å². The number of amides is 2. The second kappa shape index (κ2) is 17.0. The van der Waals surface area contributed by atoms with Crippen LogP contribution >= 0.6 is 23.2 Å². The Morgan fingerprint density at radius 1 is 0.800 bits per heavy atom. The van der Waals surface area contributed by atoms with E-state index in [2.05, 4.69) is 34.6 Å². The molecular formula is C45H62Cl2N2O6. The fourth-order valence-electron chi connectivity index (χ4n) is 12.5. The third-order valence-corrected chi connectivity index (χ3v) is 15.9. The van der Waals surface area contributed by atoms with Gasteiger partial charge in [0.2, 0.25) is 0 Å². The molecule has 2 amide bonds. The molecular weight excluding hydrogens is 735 g/mol. The predicted molar refractivity (Wildman–Crippen MR) is 218 cm³/mol. The molecule has 6 rings (SSSR count). The maximum absolute atomic E-state index is 12.5. The molecule has 9 atom stereocenters. The van der Waals surface area contributed by atoms with Gasteiger partial charge in [-0.1, -0.05) is 83.2 Å². The van der Waals surface area contributed by atoms with Crippen molar-refractivity contribution >= 4 is 40.6 Å². The number of hydroxylamine groups is 2. The molecule has 2 aromatic carbocycles. The minimum absolute atomic E-state index is 0.102. The van der Waals surface area contributed by atoms with Crippen molar-refractivity contribution in [2.24, 2.45) is 58.2 Å². The Hall–Kier alpha value is -2.78. The summed E-state index contributed by atoms with van der Waals surface area (Å²) in [6.45, 7) is 12.6. The molecule has 6 N–H and O–H groups in total. The summed E-state index contributed by atoms with van der Waals surface area (Å²) in [7, 11) is 0. The summed E-state index contributed by atoms with van der Waals surface area (Å²) in [5, 5.41) is 39.5. The van der Waals surface area contributed by atoms with Crippen LogP contribution in [0.25, 0.3) is 5.57 Å². The van der Waals surface area contributed by atoms with Gasteiger partial charge in [0.05, 0.1) is 21.2 Å². The number of halogens is 2. The zero-order valence-corrected chi connectivity index (χ0v) is 34.8. The smallest absolute Gasteiger partial charge is 0.278 e. The Morgan fingerprint density at radius 2 is 1.38 bits per heavy atom. The maximum atomic E-state index is 12.5. The van der Waals surface area contributed by atoms with Crippen molar-refractivity contribution in [1.29, 1.82) is 0 Å². The van der Waals surface area contributed by atoms with Crippen LogP contribution in [0.3, 0.4) is 0 Å². The zero-order chi connectivity index (χ0) is 39.8. The molecule has 4 fully saturated rings. The zero-order valence-electron chi connectivity index (χ0n) is 33.3. The van der Waals surface area contributed by atoms with Crippen LogP contribution in [-0.4, -0.2) is 32.4 Å². The number of nitrogens with one attached hydrogen (secondary N) is 2. The van der Waals surface area contributed by atoms with E-state index in [-0.39, 0.29) is 21.2 Å². The predicted octanol–water partition coefficient (Wildman–Crippen LogP) is 11.6. The number of hydrogen-bond donors (Lipinski definition) is 6. The van der Waals surface area contributed by atoms with Crippen LogP contribution in [-0.2, 0) is 0 Å². The Labute approximate surface area is 337 Å². The van der Waals surface area contributed by atoms with Gasteiger partial charge in [-0.25, -0.2) is 11.0 Å². The van der Waals surface area contributed by atoms with E-state index < -0.39 is 23.3 Å². The first kappa shape index (κ1) is 41.8. The summed E-state index contributed by atoms with van der Waals surface area (Å²) in [5.74, 6) is 3.47. The number of carbonyl (C=O) groups is 2. The highest BCUT2D eigenvalue weighted by Gasteiger charge is 2.60. The Kier molecular flexibility index (Phi) is 12.9. The molecule has 302 valence electrons. The second-order valence-electron chi connectivity index (χ2n) is 18.6. The molecule has 4 saturated carbocycles. The van der Waals surface area contributed by atoms with Crippen molar-refractivity contribution in [2.45, 2.75) is 125 Å². The number of hydrogen-bond acceptors (Lipinski definition) is 6. The van der Waals surface area contributed by atoms with Crippen LogP contribution in [0.2, 0.25) is 10.0 Å². The third-order valence-electron chi connectivity index (χ3n) is 15.3. The molecule has 4 aliphatic carbocycles. The summed E-state index contributed by atoms with van der Waals surface area (Å²) in [6.07, 6.45) is 19.7. The van der Waals surface area contributed by atoms with Crippen molar-refractivity contribution in [3.8, 4) is 11.5 Å². The maximum Gasteiger partial charge on any atom is 0.278 e. The first-order valence-electron chi connectivity index (χ1n) is 20.8. The first-order valence-corrected chi connectivity index (χ1v) is 21.5. The molecule has 0 heterocycles. The fraction of sp³-hybridized carbons (Fsp3) is 0.644. The molecule has 10 heteroatoms. The van der Waals surface area contributed by atoms with Gasteiger partial charge in [0.1, 0.15) is 11.5 Å². The second-order valence-corrected chi connectivity index (χ2v) is 19.4. The molecule has 2 aromatic rings. The number of phenolic OH excluding ortho intramolecular Hbond substituents is 2. The minimum Gasteiger partial charge on any atom is -0.506 e. The van der Waals surface area contributed by atoms with Crippen molar-refractivity contribution < 1.29 is 30.2 Å². The van der Waals surface area contributed by atoms with Crippen molar-refractivity contribution in [1.82, 2.24) is 11.0 Å². The average Bonchev–Trinajstić information content (AvgIpc) is 3.52. The summed E-state index contributed by atoms with van der Waals surface area (Å²) in [4.78, 5) is 24.9. The van der Waals surface area contributed by atoms with E-state index >= 15 is 0 Å². The Bertz CT molecular complexity index is 1710. The van der Waals surface area contributed by atoms with Gasteiger partial charge in [0.25, 0.3) is 11.8 Å². The number of carbonyl (C=O) groups excluding carboxylic acids is 2. The summed E-state index contributed by atoms with van der Waals surface area (Å²) in [6, 6.07) is 5.82. The summed E-state index contributed by atoms with van der Waals surface area (Å²) >= 11 is 12.8. The topological polar surface area (TPSA) is 139 Å². The number of fused-ring (bicyclic) bond motifs is 5. The third kappa shape index (κ3) is 8.17. The lowest BCUT2D eigenvalue weighted by atomic mass is 9.44. The van der Waals surface area contributed by atoms with Gasteiger partial charge in [-0.05, 0) is 170 Å². The monoisotopic (exact) mass is 796 g/mol. The van der Waals surface area contributed by atoms with Gasteiger partial charge in [0, 0.05) is 0 Å². The van der Waals surface area contributed by atoms with Gasteiger partial charge in [-0.3, -0.25) is 20.0 Å². The SMILES string of the molecule is CC(C)CCCC(C)[C@H]1CCC2[C@@H]3CCC4C[C@@H](CCC=C(c5cc(Cl)c(O)c(C(=O)NO)c5)c5cc(Cl)c(O)c(C(=O)NO)c5)CC[C@]4(C)C3CC[C@@]21C. The molecule has 0 saturated heterocycles. The highest BCUT2D eigenvalue weighted by molar-refractivity contribution is 6.33. The van der Waals surface area contributed by atoms with Gasteiger partial charge >= 0.3 is 0 Å². The van der Waals surface area contributed by atoms with Gasteiger partial charge in [-0.15, -0.1) is 0 Å². The van der Waals surface area contributed by atoms with Crippen LogP contribution in [0, 0.1) is 58.2 Å². The fourth-order valence-corrected chi connectivity index (χ4v) is 12.9. The number of rotatable bonds is 12. The highest BCUT2D eigenvalue weighted by atomic mass is 35.5. The average molecular weight is 798 g/mol. The number of aromatic hydroxyl groups is 2. The van der Waals surface area contributed by atoms with Gasteiger partial charge in [-0.2, -0.15) is 0 Å². The molecule has 0 bridgehead atoms. The lowest BCUT2D eigenvalue weighted by Crippen LogP contribution is -2.53. The largest absolute Gasteiger partial charge is 0.506 e. The van der Waals surface area contributed by atoms with Crippen molar-refractivity contribution in [3.63, 3.8) is 0 Å². The molecule has 0 radical (unpaired) electrons. The summed E-state index contributed by atoms with van der Waals surface area (Å²) in [5.41, 5.74) is 4.97. The van der Waals surface area contributed by atoms with Crippen LogP contribution in [0.1, 0.15) is 156 Å². The number of allylic oxidation sites excluding steroid dienone is 1. The molecule has 0 aromatic heterocycles. The van der Waals surface area contributed by atoms with Gasteiger partial charge < -0.3 is 10.2 Å². The molecule has 4 unspecified atom stereocenters. The normalized spacial score (nSPS) is 30.5. The Balaban J connectivity index is 1.18. The molecule has 8 nitrogen and oxygen atoms in total. The minimum atomic E-state index is -0.938. The number of phenols is 2. The van der Waals surface area contributed by atoms with E-state index in [9.17, 15) is 30.2 Å². The quantitative estimate of drug-likeness (QED) is 0.0934. The van der Waals surface area contributed by atoms with Crippen LogP contribution < -0.4 is 11.0 Å².